The summed E-state index contributed by atoms with van der Waals surface area (Å²) in [6, 6.07) is 9.84. The molecule has 1 aliphatic rings. The maximum Gasteiger partial charge on any atom is 0.275 e. The molecule has 0 saturated heterocycles. The molecule has 1 aromatic carbocycles. The summed E-state index contributed by atoms with van der Waals surface area (Å²) in [5, 5.41) is 4.46. The van der Waals surface area contributed by atoms with Crippen LogP contribution in [0, 0.1) is 0 Å². The van der Waals surface area contributed by atoms with Gasteiger partial charge < -0.3 is 10.1 Å². The summed E-state index contributed by atoms with van der Waals surface area (Å²) in [5.41, 5.74) is 2.40. The van der Waals surface area contributed by atoms with Gasteiger partial charge in [-0.1, -0.05) is 0 Å². The Bertz CT molecular complexity index is 1180. The Labute approximate surface area is 153 Å². The molecule has 6 nitrogen and oxygen atoms in total. The first-order valence-electron chi connectivity index (χ1n) is 8.44. The van der Waals surface area contributed by atoms with E-state index in [1.54, 1.807) is 24.2 Å². The number of hydrogen-bond acceptors (Lipinski definition) is 6. The van der Waals surface area contributed by atoms with Crippen molar-refractivity contribution in [3.05, 3.63) is 53.2 Å². The van der Waals surface area contributed by atoms with E-state index in [0.29, 0.717) is 10.7 Å². The number of ether oxygens (including phenoxy) is 1. The number of methoxy groups -OCH3 is 1. The fourth-order valence-electron chi connectivity index (χ4n) is 3.05. The zero-order valence-electron chi connectivity index (χ0n) is 14.1. The van der Waals surface area contributed by atoms with Gasteiger partial charge in [0.05, 0.1) is 23.7 Å². The summed E-state index contributed by atoms with van der Waals surface area (Å²) >= 11 is 1.39. The minimum Gasteiger partial charge on any atom is -0.497 e. The third-order valence-corrected chi connectivity index (χ3v) is 5.64. The first-order valence-corrected chi connectivity index (χ1v) is 9.26. The van der Waals surface area contributed by atoms with E-state index in [1.807, 2.05) is 30.3 Å². The van der Waals surface area contributed by atoms with Crippen LogP contribution in [0.1, 0.15) is 12.8 Å². The molecule has 1 N–H and O–H groups in total. The van der Waals surface area contributed by atoms with Gasteiger partial charge in [0, 0.05) is 17.9 Å². The van der Waals surface area contributed by atoms with Crippen molar-refractivity contribution in [3.8, 4) is 11.4 Å². The molecule has 3 aromatic heterocycles. The highest BCUT2D eigenvalue weighted by Gasteiger charge is 2.23. The molecule has 1 fully saturated rings. The van der Waals surface area contributed by atoms with Crippen molar-refractivity contribution in [2.24, 2.45) is 0 Å². The van der Waals surface area contributed by atoms with Crippen molar-refractivity contribution >= 4 is 37.5 Å². The van der Waals surface area contributed by atoms with Crippen molar-refractivity contribution in [1.29, 1.82) is 0 Å². The third kappa shape index (κ3) is 2.43. The number of pyridine rings is 1. The van der Waals surface area contributed by atoms with E-state index in [1.165, 1.54) is 24.2 Å². The number of nitrogens with zero attached hydrogens (tertiary/aromatic N) is 3. The first-order chi connectivity index (χ1) is 12.7. The molecule has 0 aliphatic heterocycles. The molecule has 1 saturated carbocycles. The van der Waals surface area contributed by atoms with Crippen LogP contribution in [0.15, 0.2) is 47.7 Å². The number of hydrogen-bond donors (Lipinski definition) is 1. The molecule has 130 valence electrons. The molecule has 26 heavy (non-hydrogen) atoms. The second kappa shape index (κ2) is 5.81. The molecule has 0 spiro atoms. The van der Waals surface area contributed by atoms with Gasteiger partial charge in [-0.15, -0.1) is 11.3 Å². The fourth-order valence-corrected chi connectivity index (χ4v) is 4.10. The fraction of sp³-hybridized carbons (Fsp3) is 0.211. The number of nitrogens with one attached hydrogen (secondary N) is 1. The highest BCUT2D eigenvalue weighted by molar-refractivity contribution is 7.25. The number of benzene rings is 1. The smallest absolute Gasteiger partial charge is 0.275 e. The zero-order chi connectivity index (χ0) is 17.7. The number of rotatable bonds is 4. The Morgan fingerprint density at radius 1 is 1.19 bits per heavy atom. The molecular formula is C19H16N4O2S. The molecule has 5 rings (SSSR count). The third-order valence-electron chi connectivity index (χ3n) is 4.57. The van der Waals surface area contributed by atoms with Gasteiger partial charge in [0.2, 0.25) is 0 Å². The molecule has 0 amide bonds. The minimum absolute atomic E-state index is 0.0828. The molecule has 0 radical (unpaired) electrons. The molecule has 0 bridgehead atoms. The van der Waals surface area contributed by atoms with Gasteiger partial charge in [-0.25, -0.2) is 9.97 Å². The van der Waals surface area contributed by atoms with E-state index in [9.17, 15) is 4.79 Å². The van der Waals surface area contributed by atoms with Crippen molar-refractivity contribution < 1.29 is 4.74 Å². The monoisotopic (exact) mass is 364 g/mol. The standard InChI is InChI=1S/C19H16N4O2S/c1-25-13-6-4-12(5-7-13)23-10-21-16-15-14(22-11-2-3-11)8-9-20-18(15)26-17(16)19(23)24/h4-11H,2-3H2,1H3,(H,20,22). The lowest BCUT2D eigenvalue weighted by Crippen LogP contribution is -2.17. The summed E-state index contributed by atoms with van der Waals surface area (Å²) < 4.78 is 7.36. The van der Waals surface area contributed by atoms with Crippen molar-refractivity contribution in [3.63, 3.8) is 0 Å². The van der Waals surface area contributed by atoms with Crippen LogP contribution in [0.5, 0.6) is 5.75 Å². The minimum atomic E-state index is -0.0828. The molecule has 1 aliphatic carbocycles. The normalized spacial score (nSPS) is 14.0. The van der Waals surface area contributed by atoms with Gasteiger partial charge in [-0.05, 0) is 43.2 Å². The molecule has 0 atom stereocenters. The van der Waals surface area contributed by atoms with E-state index in [-0.39, 0.29) is 5.56 Å². The number of fused-ring (bicyclic) bond motifs is 3. The van der Waals surface area contributed by atoms with Crippen molar-refractivity contribution in [1.82, 2.24) is 14.5 Å². The number of thiophene rings is 1. The number of aromatic nitrogens is 3. The lowest BCUT2D eigenvalue weighted by Gasteiger charge is -2.07. The van der Waals surface area contributed by atoms with Crippen LogP contribution >= 0.6 is 11.3 Å². The Morgan fingerprint density at radius 3 is 2.73 bits per heavy atom. The van der Waals surface area contributed by atoms with E-state index < -0.39 is 0 Å². The highest BCUT2D eigenvalue weighted by Crippen LogP contribution is 2.36. The second-order valence-corrected chi connectivity index (χ2v) is 7.35. The molecule has 0 unspecified atom stereocenters. The highest BCUT2D eigenvalue weighted by atomic mass is 32.1. The van der Waals surface area contributed by atoms with Crippen LogP contribution < -0.4 is 15.6 Å². The topological polar surface area (TPSA) is 69.0 Å². The average molecular weight is 364 g/mol. The van der Waals surface area contributed by atoms with Crippen LogP contribution in [0.4, 0.5) is 5.69 Å². The largest absolute Gasteiger partial charge is 0.497 e. The molecule has 4 aromatic rings. The van der Waals surface area contributed by atoms with Gasteiger partial charge in [0.25, 0.3) is 5.56 Å². The Morgan fingerprint density at radius 2 is 2.00 bits per heavy atom. The molecule has 3 heterocycles. The van der Waals surface area contributed by atoms with Crippen LogP contribution in [-0.4, -0.2) is 27.7 Å². The molecular weight excluding hydrogens is 348 g/mol. The van der Waals surface area contributed by atoms with E-state index in [2.05, 4.69) is 15.3 Å². The van der Waals surface area contributed by atoms with Crippen LogP contribution in [0.25, 0.3) is 26.1 Å². The first kappa shape index (κ1) is 15.3. The summed E-state index contributed by atoms with van der Waals surface area (Å²) in [6.45, 7) is 0. The van der Waals surface area contributed by atoms with E-state index >= 15 is 0 Å². The summed E-state index contributed by atoms with van der Waals surface area (Å²) in [6.07, 6.45) is 5.74. The van der Waals surface area contributed by atoms with Crippen molar-refractivity contribution in [2.75, 3.05) is 12.4 Å². The van der Waals surface area contributed by atoms with E-state index in [0.717, 1.165) is 32.9 Å². The second-order valence-electron chi connectivity index (χ2n) is 6.35. The summed E-state index contributed by atoms with van der Waals surface area (Å²) in [4.78, 5) is 22.9. The molecule has 7 heteroatoms. The predicted octanol–water partition coefficient (Wildman–Crippen LogP) is 3.58. The van der Waals surface area contributed by atoms with Crippen molar-refractivity contribution in [2.45, 2.75) is 18.9 Å². The Balaban J connectivity index is 1.70. The van der Waals surface area contributed by atoms with Crippen LogP contribution in [-0.2, 0) is 0 Å². The lowest BCUT2D eigenvalue weighted by atomic mass is 10.2. The summed E-state index contributed by atoms with van der Waals surface area (Å²) in [7, 11) is 1.62. The quantitative estimate of drug-likeness (QED) is 0.599. The van der Waals surface area contributed by atoms with Gasteiger partial charge in [0.1, 0.15) is 21.6 Å². The maximum absolute atomic E-state index is 13.1. The van der Waals surface area contributed by atoms with Gasteiger partial charge >= 0.3 is 0 Å². The van der Waals surface area contributed by atoms with Gasteiger partial charge in [0.15, 0.2) is 0 Å². The van der Waals surface area contributed by atoms with Crippen LogP contribution in [0.3, 0.4) is 0 Å². The SMILES string of the molecule is COc1ccc(-n2cnc3c(sc4nccc(NC5CC5)c43)c2=O)cc1. The maximum atomic E-state index is 13.1. The van der Waals surface area contributed by atoms with Crippen LogP contribution in [0.2, 0.25) is 0 Å². The summed E-state index contributed by atoms with van der Waals surface area (Å²) in [5.74, 6) is 0.748. The predicted molar refractivity (Wildman–Crippen MR) is 104 cm³/mol. The number of anilines is 1. The lowest BCUT2D eigenvalue weighted by molar-refractivity contribution is 0.414. The Kier molecular flexibility index (Phi) is 3.43. The van der Waals surface area contributed by atoms with Gasteiger partial charge in [-0.2, -0.15) is 0 Å². The Hall–Kier alpha value is -2.93. The average Bonchev–Trinajstić information content (AvgIpc) is 3.40. The zero-order valence-corrected chi connectivity index (χ0v) is 14.9. The van der Waals surface area contributed by atoms with E-state index in [4.69, 9.17) is 4.74 Å². The van der Waals surface area contributed by atoms with Gasteiger partial charge in [-0.3, -0.25) is 9.36 Å².